The van der Waals surface area contributed by atoms with Crippen molar-refractivity contribution in [3.63, 3.8) is 0 Å². The van der Waals surface area contributed by atoms with Crippen molar-refractivity contribution in [3.8, 4) is 11.1 Å². The topological polar surface area (TPSA) is 29.5 Å². The van der Waals surface area contributed by atoms with Crippen LogP contribution in [-0.2, 0) is 6.54 Å². The predicted molar refractivity (Wildman–Crippen MR) is 188 cm³/mol. The van der Waals surface area contributed by atoms with Gasteiger partial charge in [-0.05, 0) is 90.3 Å². The Morgan fingerprint density at radius 2 is 1.54 bits per heavy atom. The van der Waals surface area contributed by atoms with Gasteiger partial charge in [-0.15, -0.1) is 0 Å². The van der Waals surface area contributed by atoms with E-state index in [0.717, 1.165) is 66.4 Å². The summed E-state index contributed by atoms with van der Waals surface area (Å²) in [6.07, 6.45) is 19.5. The van der Waals surface area contributed by atoms with Crippen LogP contribution in [0.15, 0.2) is 136 Å². The zero-order valence-electron chi connectivity index (χ0n) is 25.6. The third-order valence-corrected chi connectivity index (χ3v) is 10.4. The first-order valence-electron chi connectivity index (χ1n) is 16.6. The molecule has 0 spiro atoms. The SMILES string of the molecule is C1=CC(N2Cc3cc(-c4cccc5c4oc4ccccc45)ccc3C3=C2C=CC(C2=c4oc5ccccc5c4=CCC2)C3)=CCC1. The summed E-state index contributed by atoms with van der Waals surface area (Å²) < 4.78 is 13.0. The highest BCUT2D eigenvalue weighted by molar-refractivity contribution is 6.09. The summed E-state index contributed by atoms with van der Waals surface area (Å²) >= 11 is 0. The number of rotatable bonds is 3. The molecule has 1 atom stereocenters. The predicted octanol–water partition coefficient (Wildman–Crippen LogP) is 9.76. The minimum atomic E-state index is 0.305. The summed E-state index contributed by atoms with van der Waals surface area (Å²) in [5.41, 5.74) is 14.6. The maximum atomic E-state index is 6.54. The van der Waals surface area contributed by atoms with E-state index in [1.165, 1.54) is 60.6 Å². The second kappa shape index (κ2) is 10.1. The fourth-order valence-corrected chi connectivity index (χ4v) is 8.23. The molecule has 3 aliphatic carbocycles. The highest BCUT2D eigenvalue weighted by atomic mass is 16.3. The third kappa shape index (κ3) is 3.91. The van der Waals surface area contributed by atoms with Crippen LogP contribution >= 0.6 is 0 Å². The number of allylic oxidation sites excluding steroid dienone is 6. The van der Waals surface area contributed by atoms with E-state index in [-0.39, 0.29) is 0 Å². The summed E-state index contributed by atoms with van der Waals surface area (Å²) in [7, 11) is 0. The Kier molecular flexibility index (Phi) is 5.72. The maximum Gasteiger partial charge on any atom is 0.143 e. The molecule has 1 unspecified atom stereocenters. The number of furan rings is 2. The monoisotopic (exact) mass is 595 g/mol. The first-order chi connectivity index (χ1) is 22.8. The van der Waals surface area contributed by atoms with E-state index in [1.807, 2.05) is 6.07 Å². The van der Waals surface area contributed by atoms with E-state index in [2.05, 4.69) is 120 Å². The molecule has 46 heavy (non-hydrogen) atoms. The Bertz CT molecular complexity index is 2490. The lowest BCUT2D eigenvalue weighted by molar-refractivity contribution is 0.431. The maximum absolute atomic E-state index is 6.54. The van der Waals surface area contributed by atoms with Crippen LogP contribution in [0.25, 0.3) is 61.3 Å². The highest BCUT2D eigenvalue weighted by Crippen LogP contribution is 2.45. The molecule has 1 aliphatic heterocycles. The van der Waals surface area contributed by atoms with E-state index < -0.39 is 0 Å². The Labute approximate surface area is 267 Å². The van der Waals surface area contributed by atoms with Crippen LogP contribution in [0.4, 0.5) is 0 Å². The van der Waals surface area contributed by atoms with E-state index in [1.54, 1.807) is 0 Å². The van der Waals surface area contributed by atoms with Crippen molar-refractivity contribution in [1.82, 2.24) is 4.90 Å². The molecule has 0 N–H and O–H groups in total. The zero-order valence-corrected chi connectivity index (χ0v) is 25.6. The van der Waals surface area contributed by atoms with Gasteiger partial charge in [-0.2, -0.15) is 0 Å². The quantitative estimate of drug-likeness (QED) is 0.204. The van der Waals surface area contributed by atoms with Gasteiger partial charge in [0.05, 0.1) is 0 Å². The molecule has 4 aliphatic rings. The van der Waals surface area contributed by atoms with E-state index in [4.69, 9.17) is 8.83 Å². The fourth-order valence-electron chi connectivity index (χ4n) is 8.23. The lowest BCUT2D eigenvalue weighted by atomic mass is 9.78. The first kappa shape index (κ1) is 26.0. The number of hydrogen-bond acceptors (Lipinski definition) is 3. The van der Waals surface area contributed by atoms with Crippen molar-refractivity contribution in [1.29, 1.82) is 0 Å². The lowest BCUT2D eigenvalue weighted by Crippen LogP contribution is -2.31. The van der Waals surface area contributed by atoms with Crippen LogP contribution in [0.3, 0.4) is 0 Å². The number of fused-ring (bicyclic) bond motifs is 8. The molecule has 6 aromatic rings. The molecule has 0 amide bonds. The molecule has 3 heteroatoms. The Morgan fingerprint density at radius 3 is 2.43 bits per heavy atom. The van der Waals surface area contributed by atoms with Crippen molar-refractivity contribution < 1.29 is 8.83 Å². The van der Waals surface area contributed by atoms with Crippen molar-refractivity contribution >= 4 is 50.1 Å². The van der Waals surface area contributed by atoms with Crippen LogP contribution < -0.4 is 10.6 Å². The lowest BCUT2D eigenvalue weighted by Gasteiger charge is -2.38. The number of nitrogens with zero attached hydrogens (tertiary/aromatic N) is 1. The zero-order chi connectivity index (χ0) is 30.2. The molecular formula is C43H33NO2. The van der Waals surface area contributed by atoms with Gasteiger partial charge in [0, 0.05) is 50.8 Å². The summed E-state index contributed by atoms with van der Waals surface area (Å²) in [6.45, 7) is 0.850. The molecule has 0 fully saturated rings. The van der Waals surface area contributed by atoms with Crippen molar-refractivity contribution in [2.75, 3.05) is 0 Å². The number of hydrogen-bond donors (Lipinski definition) is 0. The van der Waals surface area contributed by atoms with Gasteiger partial charge in [-0.3, -0.25) is 0 Å². The summed E-state index contributed by atoms with van der Waals surface area (Å²) in [5, 5.41) is 4.84. The Hall–Kier alpha value is -5.28. The van der Waals surface area contributed by atoms with Crippen LogP contribution in [0.2, 0.25) is 0 Å². The molecule has 4 aromatic carbocycles. The van der Waals surface area contributed by atoms with E-state index >= 15 is 0 Å². The second-order valence-corrected chi connectivity index (χ2v) is 13.0. The van der Waals surface area contributed by atoms with Gasteiger partial charge >= 0.3 is 0 Å². The largest absolute Gasteiger partial charge is 0.456 e. The Balaban J connectivity index is 1.11. The number of para-hydroxylation sites is 3. The number of benzene rings is 4. The smallest absolute Gasteiger partial charge is 0.143 e. The van der Waals surface area contributed by atoms with Crippen molar-refractivity contribution in [2.24, 2.45) is 5.92 Å². The van der Waals surface area contributed by atoms with Crippen LogP contribution in [0.1, 0.15) is 43.2 Å². The van der Waals surface area contributed by atoms with Gasteiger partial charge in [0.1, 0.15) is 22.2 Å². The van der Waals surface area contributed by atoms with E-state index in [0.29, 0.717) is 5.92 Å². The summed E-state index contributed by atoms with van der Waals surface area (Å²) in [6, 6.07) is 30.4. The molecule has 3 nitrogen and oxygen atoms in total. The molecule has 10 rings (SSSR count). The Morgan fingerprint density at radius 1 is 0.696 bits per heavy atom. The van der Waals surface area contributed by atoms with Crippen LogP contribution in [-0.4, -0.2) is 4.90 Å². The van der Waals surface area contributed by atoms with Crippen molar-refractivity contribution in [3.05, 3.63) is 148 Å². The van der Waals surface area contributed by atoms with Crippen LogP contribution in [0, 0.1) is 5.92 Å². The summed E-state index contributed by atoms with van der Waals surface area (Å²) in [5.74, 6) is 0.305. The standard InChI is InChI=1S/C43H33NO2/c1-2-10-30(11-3-1)44-26-29-24-27(32-14-8-16-36-34-12-4-6-18-40(34)45-42(32)36)20-22-31(29)38-25-28(21-23-39(38)44)33-15-9-17-37-35-13-5-7-19-41(35)46-43(33)37/h2,4-8,10-14,16-24,28H,1,3,9,15,25-26H2. The summed E-state index contributed by atoms with van der Waals surface area (Å²) in [4.78, 5) is 2.54. The molecule has 0 bridgehead atoms. The molecular weight excluding hydrogens is 562 g/mol. The second-order valence-electron chi connectivity index (χ2n) is 13.0. The van der Waals surface area contributed by atoms with Gasteiger partial charge < -0.3 is 13.7 Å². The third-order valence-electron chi connectivity index (χ3n) is 10.4. The van der Waals surface area contributed by atoms with E-state index in [9.17, 15) is 0 Å². The molecule has 0 saturated heterocycles. The molecule has 0 saturated carbocycles. The molecule has 222 valence electrons. The van der Waals surface area contributed by atoms with Gasteiger partial charge in [0.2, 0.25) is 0 Å². The average molecular weight is 596 g/mol. The van der Waals surface area contributed by atoms with Gasteiger partial charge in [0.25, 0.3) is 0 Å². The first-order valence-corrected chi connectivity index (χ1v) is 16.6. The molecule has 2 aromatic heterocycles. The molecule has 0 radical (unpaired) electrons. The molecule has 3 heterocycles. The fraction of sp³-hybridized carbons (Fsp3) is 0.163. The minimum absolute atomic E-state index is 0.305. The average Bonchev–Trinajstić information content (AvgIpc) is 3.70. The van der Waals surface area contributed by atoms with Gasteiger partial charge in [-0.25, -0.2) is 0 Å². The highest BCUT2D eigenvalue weighted by Gasteiger charge is 2.31. The van der Waals surface area contributed by atoms with Gasteiger partial charge in [-0.1, -0.05) is 91.0 Å². The van der Waals surface area contributed by atoms with Crippen molar-refractivity contribution in [2.45, 2.75) is 38.6 Å². The van der Waals surface area contributed by atoms with Crippen LogP contribution in [0.5, 0.6) is 0 Å². The van der Waals surface area contributed by atoms with Gasteiger partial charge in [0.15, 0.2) is 0 Å². The minimum Gasteiger partial charge on any atom is -0.456 e. The normalized spacial score (nSPS) is 19.0.